The van der Waals surface area contributed by atoms with Crippen molar-refractivity contribution < 1.29 is 19.7 Å². The molecule has 8 aromatic carbocycles. The third-order valence-corrected chi connectivity index (χ3v) is 8.07. The minimum Gasteiger partial charge on any atom is -0.491 e. The maximum atomic E-state index is 9.16. The number of rotatable bonds is 7. The van der Waals surface area contributed by atoms with E-state index in [-0.39, 0.29) is 26.4 Å². The summed E-state index contributed by atoms with van der Waals surface area (Å²) < 4.78 is 11.4. The second-order valence-electron chi connectivity index (χ2n) is 10.5. The summed E-state index contributed by atoms with van der Waals surface area (Å²) in [5, 5.41) is 32.8. The number of aliphatic hydroxyl groups excluding tert-OH is 2. The Morgan fingerprint density at radius 2 is 0.625 bits per heavy atom. The van der Waals surface area contributed by atoms with E-state index >= 15 is 0 Å². The van der Waals surface area contributed by atoms with E-state index in [0.29, 0.717) is 0 Å². The zero-order valence-corrected chi connectivity index (χ0v) is 21.8. The van der Waals surface area contributed by atoms with Gasteiger partial charge in [-0.2, -0.15) is 0 Å². The van der Waals surface area contributed by atoms with Crippen LogP contribution >= 0.6 is 0 Å². The monoisotopic (exact) mass is 522 g/mol. The van der Waals surface area contributed by atoms with E-state index < -0.39 is 0 Å². The highest BCUT2D eigenvalue weighted by atomic mass is 16.5. The van der Waals surface area contributed by atoms with Crippen LogP contribution in [0.25, 0.3) is 75.8 Å². The molecule has 0 fully saturated rings. The van der Waals surface area contributed by atoms with Gasteiger partial charge in [0.05, 0.1) is 13.2 Å². The SMILES string of the molecule is OCCOc1cc2ccc3cc(-c4cc5ccc6cc(OCCO)cc7ccc(c4)c5c67)cc4ccc(c1)c2c34. The van der Waals surface area contributed by atoms with Gasteiger partial charge in [-0.3, -0.25) is 0 Å². The van der Waals surface area contributed by atoms with E-state index in [4.69, 9.17) is 19.7 Å². The van der Waals surface area contributed by atoms with Crippen LogP contribution in [0.3, 0.4) is 0 Å². The zero-order chi connectivity index (χ0) is 26.8. The van der Waals surface area contributed by atoms with Gasteiger partial charge < -0.3 is 19.7 Å². The van der Waals surface area contributed by atoms with Crippen LogP contribution in [0.1, 0.15) is 0 Å². The lowest BCUT2D eigenvalue weighted by molar-refractivity contribution is 0.201. The highest BCUT2D eigenvalue weighted by Crippen LogP contribution is 2.42. The summed E-state index contributed by atoms with van der Waals surface area (Å²) in [4.78, 5) is 0. The summed E-state index contributed by atoms with van der Waals surface area (Å²) in [5.41, 5.74) is 2.39. The predicted molar refractivity (Wildman–Crippen MR) is 164 cm³/mol. The van der Waals surface area contributed by atoms with Crippen LogP contribution in [-0.4, -0.2) is 36.6 Å². The van der Waals surface area contributed by atoms with Crippen LogP contribution in [0.5, 0.6) is 11.5 Å². The topological polar surface area (TPSA) is 58.9 Å². The molecule has 194 valence electrons. The van der Waals surface area contributed by atoms with Crippen LogP contribution in [0, 0.1) is 0 Å². The molecule has 2 N–H and O–H groups in total. The molecule has 0 spiro atoms. The van der Waals surface area contributed by atoms with Crippen molar-refractivity contribution >= 4 is 64.6 Å². The molecule has 0 aromatic heterocycles. The summed E-state index contributed by atoms with van der Waals surface area (Å²) in [7, 11) is 0. The average Bonchev–Trinajstić information content (AvgIpc) is 2.99. The van der Waals surface area contributed by atoms with Crippen molar-refractivity contribution in [2.24, 2.45) is 0 Å². The van der Waals surface area contributed by atoms with Crippen molar-refractivity contribution in [1.82, 2.24) is 0 Å². The number of hydrogen-bond donors (Lipinski definition) is 2. The molecule has 0 aliphatic rings. The Labute approximate surface area is 230 Å². The minimum atomic E-state index is -0.00116. The Morgan fingerprint density at radius 3 is 0.875 bits per heavy atom. The quantitative estimate of drug-likeness (QED) is 0.209. The molecule has 4 heteroatoms. The normalized spacial score (nSPS) is 12.2. The molecule has 0 heterocycles. The summed E-state index contributed by atoms with van der Waals surface area (Å²) in [6.45, 7) is 0.575. The van der Waals surface area contributed by atoms with E-state index in [2.05, 4.69) is 97.1 Å². The highest BCUT2D eigenvalue weighted by Gasteiger charge is 2.15. The Bertz CT molecular complexity index is 1910. The molecular weight excluding hydrogens is 496 g/mol. The molecule has 0 aliphatic carbocycles. The van der Waals surface area contributed by atoms with Crippen molar-refractivity contribution in [3.63, 3.8) is 0 Å². The van der Waals surface area contributed by atoms with Gasteiger partial charge in [0.2, 0.25) is 0 Å². The number of ether oxygens (including phenoxy) is 2. The van der Waals surface area contributed by atoms with E-state index in [1.54, 1.807) is 0 Å². The van der Waals surface area contributed by atoms with Gasteiger partial charge in [-0.1, -0.05) is 48.5 Å². The first-order valence-corrected chi connectivity index (χ1v) is 13.6. The Kier molecular flexibility index (Phi) is 5.21. The molecule has 0 atom stereocenters. The van der Waals surface area contributed by atoms with Crippen molar-refractivity contribution in [2.45, 2.75) is 0 Å². The Balaban J connectivity index is 1.29. The van der Waals surface area contributed by atoms with Gasteiger partial charge >= 0.3 is 0 Å². The largest absolute Gasteiger partial charge is 0.491 e. The fourth-order valence-electron chi connectivity index (χ4n) is 6.45. The van der Waals surface area contributed by atoms with Gasteiger partial charge in [0.15, 0.2) is 0 Å². The molecule has 8 rings (SSSR count). The maximum Gasteiger partial charge on any atom is 0.120 e. The second-order valence-corrected chi connectivity index (χ2v) is 10.5. The van der Waals surface area contributed by atoms with Crippen LogP contribution in [-0.2, 0) is 0 Å². The highest BCUT2D eigenvalue weighted by molar-refractivity contribution is 6.26. The standard InChI is InChI=1S/C36H26O4/c37-9-11-39-31-17-25-5-1-21-13-29(14-22-2-6-26(18-31)35(25)33(21)22)30-15-23-3-7-27-19-32(40-12-10-38)20-28-8-4-24(16-30)34(23)36(27)28/h1-8,13-20,37-38H,9-12H2. The molecule has 0 radical (unpaired) electrons. The van der Waals surface area contributed by atoms with E-state index in [1.807, 2.05) is 0 Å². The van der Waals surface area contributed by atoms with E-state index in [9.17, 15) is 0 Å². The average molecular weight is 523 g/mol. The summed E-state index contributed by atoms with van der Waals surface area (Å²) in [6, 6.07) is 34.9. The third-order valence-electron chi connectivity index (χ3n) is 8.07. The first-order valence-electron chi connectivity index (χ1n) is 13.6. The molecule has 0 aliphatic heterocycles. The molecule has 0 unspecified atom stereocenters. The van der Waals surface area contributed by atoms with Crippen molar-refractivity contribution in [1.29, 1.82) is 0 Å². The lowest BCUT2D eigenvalue weighted by Crippen LogP contribution is -2.01. The zero-order valence-electron chi connectivity index (χ0n) is 21.8. The Hall–Kier alpha value is -4.64. The van der Waals surface area contributed by atoms with Gasteiger partial charge in [-0.05, 0) is 124 Å². The fraction of sp³-hybridized carbons (Fsp3) is 0.111. The number of benzene rings is 8. The van der Waals surface area contributed by atoms with Crippen LogP contribution < -0.4 is 9.47 Å². The van der Waals surface area contributed by atoms with Crippen molar-refractivity contribution in [3.8, 4) is 22.6 Å². The molecule has 8 aromatic rings. The lowest BCUT2D eigenvalue weighted by atomic mass is 9.89. The second kappa shape index (κ2) is 8.95. The molecule has 40 heavy (non-hydrogen) atoms. The Morgan fingerprint density at radius 1 is 0.375 bits per heavy atom. The van der Waals surface area contributed by atoms with Gasteiger partial charge in [-0.15, -0.1) is 0 Å². The van der Waals surface area contributed by atoms with Gasteiger partial charge in [0.1, 0.15) is 24.7 Å². The summed E-state index contributed by atoms with van der Waals surface area (Å²) >= 11 is 0. The van der Waals surface area contributed by atoms with Gasteiger partial charge in [0.25, 0.3) is 0 Å². The molecule has 0 amide bonds. The maximum absolute atomic E-state index is 9.16. The fourth-order valence-corrected chi connectivity index (χ4v) is 6.45. The smallest absolute Gasteiger partial charge is 0.120 e. The predicted octanol–water partition coefficient (Wildman–Crippen LogP) is 7.89. The summed E-state index contributed by atoms with van der Waals surface area (Å²) in [5.74, 6) is 1.56. The first-order chi connectivity index (χ1) is 19.7. The van der Waals surface area contributed by atoms with Gasteiger partial charge in [-0.25, -0.2) is 0 Å². The van der Waals surface area contributed by atoms with Gasteiger partial charge in [0, 0.05) is 0 Å². The van der Waals surface area contributed by atoms with Crippen LogP contribution in [0.15, 0.2) is 97.1 Å². The number of aliphatic hydroxyl groups is 2. The minimum absolute atomic E-state index is 0.00116. The number of hydrogen-bond acceptors (Lipinski definition) is 4. The van der Waals surface area contributed by atoms with Crippen molar-refractivity contribution in [3.05, 3.63) is 97.1 Å². The molecular formula is C36H26O4. The first kappa shape index (κ1) is 23.3. The van der Waals surface area contributed by atoms with E-state index in [0.717, 1.165) is 33.0 Å². The van der Waals surface area contributed by atoms with Crippen LogP contribution in [0.2, 0.25) is 0 Å². The molecule has 0 saturated carbocycles. The molecule has 0 saturated heterocycles. The third kappa shape index (κ3) is 3.54. The van der Waals surface area contributed by atoms with Crippen molar-refractivity contribution in [2.75, 3.05) is 26.4 Å². The van der Waals surface area contributed by atoms with E-state index in [1.165, 1.54) is 54.2 Å². The lowest BCUT2D eigenvalue weighted by Gasteiger charge is -2.16. The summed E-state index contributed by atoms with van der Waals surface area (Å²) in [6.07, 6.45) is 0. The molecule has 0 bridgehead atoms. The molecule has 4 nitrogen and oxygen atoms in total. The van der Waals surface area contributed by atoms with Crippen LogP contribution in [0.4, 0.5) is 0 Å².